The molecule has 0 radical (unpaired) electrons. The van der Waals surface area contributed by atoms with E-state index < -0.39 is 23.9 Å². The molecule has 0 spiro atoms. The first kappa shape index (κ1) is 17.3. The molecule has 0 aliphatic carbocycles. The van der Waals surface area contributed by atoms with E-state index in [0.717, 1.165) is 10.9 Å². The lowest BCUT2D eigenvalue weighted by Crippen LogP contribution is -2.34. The number of aromatic nitrogens is 1. The topological polar surface area (TPSA) is 94.6 Å². The van der Waals surface area contributed by atoms with E-state index in [4.69, 9.17) is 4.74 Å². The number of aromatic amines is 1. The zero-order valence-corrected chi connectivity index (χ0v) is 13.7. The van der Waals surface area contributed by atoms with Crippen molar-refractivity contribution in [3.63, 3.8) is 0 Å². The van der Waals surface area contributed by atoms with Crippen LogP contribution < -0.4 is 5.32 Å². The second kappa shape index (κ2) is 7.02. The fourth-order valence-electron chi connectivity index (χ4n) is 2.37. The Bertz CT molecular complexity index is 660. The maximum Gasteiger partial charge on any atom is 0.407 e. The summed E-state index contributed by atoms with van der Waals surface area (Å²) in [5, 5.41) is 24.0. The molecule has 4 N–H and O–H groups in total. The van der Waals surface area contributed by atoms with Gasteiger partial charge < -0.3 is 25.3 Å². The number of fused-ring (bicyclic) bond motifs is 1. The van der Waals surface area contributed by atoms with Gasteiger partial charge in [-0.15, -0.1) is 0 Å². The zero-order valence-electron chi connectivity index (χ0n) is 13.7. The summed E-state index contributed by atoms with van der Waals surface area (Å²) in [5.41, 5.74) is 1.00. The van der Waals surface area contributed by atoms with Crippen molar-refractivity contribution in [3.8, 4) is 0 Å². The molecule has 2 aromatic rings. The third-order valence-corrected chi connectivity index (χ3v) is 3.42. The van der Waals surface area contributed by atoms with Crippen LogP contribution in [0.1, 0.15) is 38.9 Å². The summed E-state index contributed by atoms with van der Waals surface area (Å²) in [6.45, 7) is 5.56. The molecule has 2 atom stereocenters. The second-order valence-electron chi connectivity index (χ2n) is 6.52. The van der Waals surface area contributed by atoms with Crippen LogP contribution in [0.5, 0.6) is 0 Å². The highest BCUT2D eigenvalue weighted by atomic mass is 16.6. The number of H-pyrrole nitrogens is 1. The maximum absolute atomic E-state index is 11.5. The molecular weight excluding hydrogens is 296 g/mol. The minimum atomic E-state index is -1.02. The highest BCUT2D eigenvalue weighted by Gasteiger charge is 2.21. The van der Waals surface area contributed by atoms with Gasteiger partial charge in [-0.2, -0.15) is 0 Å². The molecule has 2 rings (SSSR count). The van der Waals surface area contributed by atoms with Gasteiger partial charge in [-0.05, 0) is 44.9 Å². The van der Waals surface area contributed by atoms with Crippen molar-refractivity contribution in [2.75, 3.05) is 6.54 Å². The van der Waals surface area contributed by atoms with E-state index in [-0.39, 0.29) is 13.0 Å². The standard InChI is InChI=1S/C17H24N2O4/c1-17(2,3)23-16(22)19-10-8-14(20)15(21)12-5-4-6-13-11(12)7-9-18-13/h4-7,9,14-15,18,20-21H,8,10H2,1-3H3,(H,19,22). The maximum atomic E-state index is 11.5. The normalized spacial score (nSPS) is 14.5. The molecule has 6 heteroatoms. The Kier molecular flexibility index (Phi) is 5.28. The molecule has 23 heavy (non-hydrogen) atoms. The fourth-order valence-corrected chi connectivity index (χ4v) is 2.37. The van der Waals surface area contributed by atoms with E-state index in [1.807, 2.05) is 18.2 Å². The quantitative estimate of drug-likeness (QED) is 0.681. The average molecular weight is 320 g/mol. The number of nitrogens with one attached hydrogen (secondary N) is 2. The van der Waals surface area contributed by atoms with Gasteiger partial charge in [0.2, 0.25) is 0 Å². The number of alkyl carbamates (subject to hydrolysis) is 1. The lowest BCUT2D eigenvalue weighted by molar-refractivity contribution is 0.0131. The predicted molar refractivity (Wildman–Crippen MR) is 88.1 cm³/mol. The van der Waals surface area contributed by atoms with Crippen LogP contribution in [0.25, 0.3) is 10.9 Å². The van der Waals surface area contributed by atoms with E-state index >= 15 is 0 Å². The molecule has 126 valence electrons. The average Bonchev–Trinajstić information content (AvgIpc) is 2.92. The number of carbonyl (C=O) groups is 1. The molecule has 1 amide bonds. The largest absolute Gasteiger partial charge is 0.444 e. The van der Waals surface area contributed by atoms with Crippen LogP contribution in [0.15, 0.2) is 30.5 Å². The number of hydrogen-bond acceptors (Lipinski definition) is 4. The van der Waals surface area contributed by atoms with E-state index in [1.54, 1.807) is 33.0 Å². The summed E-state index contributed by atoms with van der Waals surface area (Å²) >= 11 is 0. The van der Waals surface area contributed by atoms with Crippen molar-refractivity contribution in [2.24, 2.45) is 0 Å². The van der Waals surface area contributed by atoms with Gasteiger partial charge in [-0.3, -0.25) is 0 Å². The molecular formula is C17H24N2O4. The van der Waals surface area contributed by atoms with Gasteiger partial charge in [-0.1, -0.05) is 12.1 Å². The van der Waals surface area contributed by atoms with Gasteiger partial charge in [0.1, 0.15) is 11.7 Å². The predicted octanol–water partition coefficient (Wildman–Crippen LogP) is 2.48. The van der Waals surface area contributed by atoms with Gasteiger partial charge in [0.05, 0.1) is 6.10 Å². The molecule has 0 bridgehead atoms. The summed E-state index contributed by atoms with van der Waals surface area (Å²) in [7, 11) is 0. The summed E-state index contributed by atoms with van der Waals surface area (Å²) in [6.07, 6.45) is -0.522. The van der Waals surface area contributed by atoms with Crippen molar-refractivity contribution in [2.45, 2.75) is 45.0 Å². The third kappa shape index (κ3) is 4.71. The van der Waals surface area contributed by atoms with Gasteiger partial charge in [0.25, 0.3) is 0 Å². The van der Waals surface area contributed by atoms with Crippen LogP contribution in [-0.2, 0) is 4.74 Å². The Morgan fingerprint density at radius 3 is 2.74 bits per heavy atom. The van der Waals surface area contributed by atoms with Crippen molar-refractivity contribution >= 4 is 17.0 Å². The minimum Gasteiger partial charge on any atom is -0.444 e. The van der Waals surface area contributed by atoms with Crippen molar-refractivity contribution < 1.29 is 19.7 Å². The molecule has 6 nitrogen and oxygen atoms in total. The molecule has 1 aromatic heterocycles. The Labute approximate surface area is 135 Å². The number of rotatable bonds is 5. The van der Waals surface area contributed by atoms with Crippen LogP contribution in [0.4, 0.5) is 4.79 Å². The smallest absolute Gasteiger partial charge is 0.407 e. The molecule has 1 aromatic carbocycles. The SMILES string of the molecule is CC(C)(C)OC(=O)NCCC(O)C(O)c1cccc2[nH]ccc12. The Morgan fingerprint density at radius 2 is 2.04 bits per heavy atom. The lowest BCUT2D eigenvalue weighted by Gasteiger charge is -2.21. The number of amides is 1. The van der Waals surface area contributed by atoms with Crippen molar-refractivity contribution in [1.82, 2.24) is 10.3 Å². The number of aliphatic hydroxyl groups excluding tert-OH is 2. The molecule has 0 saturated heterocycles. The number of carbonyl (C=O) groups excluding carboxylic acids is 1. The summed E-state index contributed by atoms with van der Waals surface area (Å²) in [6, 6.07) is 7.37. The van der Waals surface area contributed by atoms with Gasteiger partial charge in [0.15, 0.2) is 0 Å². The summed E-state index contributed by atoms with van der Waals surface area (Å²) < 4.78 is 5.11. The zero-order chi connectivity index (χ0) is 17.0. The number of aliphatic hydroxyl groups is 2. The minimum absolute atomic E-state index is 0.219. The van der Waals surface area contributed by atoms with E-state index in [2.05, 4.69) is 10.3 Å². The Hall–Kier alpha value is -2.05. The van der Waals surface area contributed by atoms with Crippen LogP contribution in [0, 0.1) is 0 Å². The second-order valence-corrected chi connectivity index (χ2v) is 6.52. The first-order valence-electron chi connectivity index (χ1n) is 7.67. The Balaban J connectivity index is 1.89. The van der Waals surface area contributed by atoms with Crippen LogP contribution in [0.3, 0.4) is 0 Å². The molecule has 0 fully saturated rings. The third-order valence-electron chi connectivity index (χ3n) is 3.42. The molecule has 0 aliphatic heterocycles. The summed E-state index contributed by atoms with van der Waals surface area (Å²) in [4.78, 5) is 14.6. The van der Waals surface area contributed by atoms with Gasteiger partial charge in [0, 0.05) is 23.6 Å². The number of ether oxygens (including phenoxy) is 1. The first-order valence-corrected chi connectivity index (χ1v) is 7.67. The number of benzene rings is 1. The molecule has 1 heterocycles. The van der Waals surface area contributed by atoms with Crippen molar-refractivity contribution in [3.05, 3.63) is 36.0 Å². The van der Waals surface area contributed by atoms with Crippen LogP contribution >= 0.6 is 0 Å². The monoisotopic (exact) mass is 320 g/mol. The van der Waals surface area contributed by atoms with Gasteiger partial charge in [-0.25, -0.2) is 4.79 Å². The highest BCUT2D eigenvalue weighted by Crippen LogP contribution is 2.26. The first-order chi connectivity index (χ1) is 10.8. The molecule has 2 unspecified atom stereocenters. The Morgan fingerprint density at radius 1 is 1.30 bits per heavy atom. The molecule has 0 aliphatic rings. The van der Waals surface area contributed by atoms with Crippen LogP contribution in [0.2, 0.25) is 0 Å². The number of hydrogen-bond donors (Lipinski definition) is 4. The van der Waals surface area contributed by atoms with Crippen molar-refractivity contribution in [1.29, 1.82) is 0 Å². The fraction of sp³-hybridized carbons (Fsp3) is 0.471. The van der Waals surface area contributed by atoms with Crippen LogP contribution in [-0.4, -0.2) is 39.5 Å². The van der Waals surface area contributed by atoms with E-state index in [0.29, 0.717) is 5.56 Å². The highest BCUT2D eigenvalue weighted by molar-refractivity contribution is 5.83. The summed E-state index contributed by atoms with van der Waals surface area (Å²) in [5.74, 6) is 0. The van der Waals surface area contributed by atoms with E-state index in [9.17, 15) is 15.0 Å². The lowest BCUT2D eigenvalue weighted by atomic mass is 9.99. The van der Waals surface area contributed by atoms with Gasteiger partial charge >= 0.3 is 6.09 Å². The molecule has 0 saturated carbocycles. The van der Waals surface area contributed by atoms with E-state index in [1.165, 1.54) is 0 Å².